The molecule has 0 spiro atoms. The van der Waals surface area contributed by atoms with Gasteiger partial charge in [0, 0.05) is 47.9 Å². The summed E-state index contributed by atoms with van der Waals surface area (Å²) in [6.45, 7) is 14.3. The van der Waals surface area contributed by atoms with Crippen LogP contribution in [0.15, 0.2) is 30.3 Å². The minimum atomic E-state index is -0.161. The predicted octanol–water partition coefficient (Wildman–Crippen LogP) is 4.84. The van der Waals surface area contributed by atoms with E-state index in [4.69, 9.17) is 0 Å². The van der Waals surface area contributed by atoms with Crippen LogP contribution in [0.25, 0.3) is 0 Å². The van der Waals surface area contributed by atoms with E-state index in [1.54, 1.807) is 0 Å². The monoisotopic (exact) mass is 465 g/mol. The Morgan fingerprint density at radius 3 is 2.48 bits per heavy atom. The van der Waals surface area contributed by atoms with Gasteiger partial charge in [-0.15, -0.1) is 21.5 Å². The molecule has 176 valence electrons. The standard InChI is InChI=1S/C26H35N5OS/c1-17(2)12-23(27-26(32)21-14-18(3)13-19(4)15-21)25-29-28-24-8-9-30(10-11-31(24)25)16-22-7-6-20(5)33-22/h6-7,13-15,17,23H,8-12,16H2,1-5H3,(H,27,32). The van der Waals surface area contributed by atoms with Crippen molar-refractivity contribution in [3.05, 3.63) is 68.4 Å². The fraction of sp³-hybridized carbons (Fsp3) is 0.500. The van der Waals surface area contributed by atoms with Crippen molar-refractivity contribution in [1.82, 2.24) is 25.0 Å². The second-order valence-corrected chi connectivity index (χ2v) is 11.1. The van der Waals surface area contributed by atoms with Crippen molar-refractivity contribution in [1.29, 1.82) is 0 Å². The number of nitrogens with zero attached hydrogens (tertiary/aromatic N) is 4. The van der Waals surface area contributed by atoms with Gasteiger partial charge in [0.05, 0.1) is 6.04 Å². The first-order valence-corrected chi connectivity index (χ1v) is 12.7. The number of carbonyl (C=O) groups is 1. The molecule has 0 saturated heterocycles. The molecule has 0 saturated carbocycles. The van der Waals surface area contributed by atoms with Gasteiger partial charge >= 0.3 is 0 Å². The molecule has 0 fully saturated rings. The molecule has 1 unspecified atom stereocenters. The lowest BCUT2D eigenvalue weighted by molar-refractivity contribution is 0.0928. The third kappa shape index (κ3) is 5.89. The molecule has 0 bridgehead atoms. The average molecular weight is 466 g/mol. The molecule has 1 aromatic carbocycles. The van der Waals surface area contributed by atoms with Gasteiger partial charge in [-0.05, 0) is 57.4 Å². The maximum absolute atomic E-state index is 13.2. The highest BCUT2D eigenvalue weighted by atomic mass is 32.1. The zero-order valence-electron chi connectivity index (χ0n) is 20.4. The lowest BCUT2D eigenvalue weighted by Gasteiger charge is -2.22. The second-order valence-electron chi connectivity index (χ2n) is 9.70. The Labute approximate surface area is 201 Å². The number of carbonyl (C=O) groups excluding carboxylic acids is 1. The van der Waals surface area contributed by atoms with Gasteiger partial charge in [-0.3, -0.25) is 9.69 Å². The average Bonchev–Trinajstić information content (AvgIpc) is 3.28. The van der Waals surface area contributed by atoms with Crippen molar-refractivity contribution < 1.29 is 4.79 Å². The summed E-state index contributed by atoms with van der Waals surface area (Å²) in [5, 5.41) is 12.4. The summed E-state index contributed by atoms with van der Waals surface area (Å²) in [5.74, 6) is 2.27. The van der Waals surface area contributed by atoms with Gasteiger partial charge < -0.3 is 9.88 Å². The highest BCUT2D eigenvalue weighted by Gasteiger charge is 2.26. The predicted molar refractivity (Wildman–Crippen MR) is 134 cm³/mol. The van der Waals surface area contributed by atoms with Gasteiger partial charge in [0.15, 0.2) is 5.82 Å². The van der Waals surface area contributed by atoms with Crippen molar-refractivity contribution in [3.63, 3.8) is 0 Å². The van der Waals surface area contributed by atoms with E-state index in [2.05, 4.69) is 64.0 Å². The molecule has 0 aliphatic carbocycles. The molecule has 4 rings (SSSR count). The van der Waals surface area contributed by atoms with Gasteiger partial charge in [-0.25, -0.2) is 0 Å². The van der Waals surface area contributed by atoms with Crippen LogP contribution in [0, 0.1) is 26.7 Å². The van der Waals surface area contributed by atoms with Crippen LogP contribution in [0.3, 0.4) is 0 Å². The largest absolute Gasteiger partial charge is 0.342 e. The smallest absolute Gasteiger partial charge is 0.251 e. The van der Waals surface area contributed by atoms with Crippen LogP contribution in [0.4, 0.5) is 0 Å². The molecule has 1 aliphatic heterocycles. The van der Waals surface area contributed by atoms with Crippen molar-refractivity contribution in [2.75, 3.05) is 13.1 Å². The number of aryl methyl sites for hydroxylation is 3. The third-order valence-corrected chi connectivity index (χ3v) is 7.12. The Morgan fingerprint density at radius 1 is 1.06 bits per heavy atom. The van der Waals surface area contributed by atoms with E-state index < -0.39 is 0 Å². The Kier molecular flexibility index (Phi) is 7.29. The van der Waals surface area contributed by atoms with E-state index in [0.717, 1.165) is 61.8 Å². The lowest BCUT2D eigenvalue weighted by Crippen LogP contribution is -2.32. The fourth-order valence-corrected chi connectivity index (χ4v) is 5.58. The summed E-state index contributed by atoms with van der Waals surface area (Å²) in [4.78, 5) is 18.4. The van der Waals surface area contributed by atoms with E-state index in [1.165, 1.54) is 9.75 Å². The Balaban J connectivity index is 1.51. The van der Waals surface area contributed by atoms with Crippen LogP contribution < -0.4 is 5.32 Å². The van der Waals surface area contributed by atoms with E-state index >= 15 is 0 Å². The molecule has 1 atom stereocenters. The van der Waals surface area contributed by atoms with E-state index in [1.807, 2.05) is 37.3 Å². The van der Waals surface area contributed by atoms with Crippen LogP contribution in [0.5, 0.6) is 0 Å². The first-order chi connectivity index (χ1) is 15.8. The topological polar surface area (TPSA) is 63.1 Å². The third-order valence-electron chi connectivity index (χ3n) is 6.13. The molecule has 3 aromatic rings. The molecule has 1 aliphatic rings. The molecule has 7 heteroatoms. The van der Waals surface area contributed by atoms with Gasteiger partial charge in [0.1, 0.15) is 5.82 Å². The molecule has 2 aromatic heterocycles. The SMILES string of the molecule is Cc1cc(C)cc(C(=O)NC(CC(C)C)c2nnc3n2CCN(Cc2ccc(C)s2)CC3)c1. The molecule has 1 amide bonds. The van der Waals surface area contributed by atoms with Crippen LogP contribution >= 0.6 is 11.3 Å². The Bertz CT molecular complexity index is 1100. The second kappa shape index (κ2) is 10.2. The van der Waals surface area contributed by atoms with Gasteiger partial charge in [-0.2, -0.15) is 0 Å². The van der Waals surface area contributed by atoms with E-state index in [-0.39, 0.29) is 11.9 Å². The van der Waals surface area contributed by atoms with Gasteiger partial charge in [-0.1, -0.05) is 31.0 Å². The minimum absolute atomic E-state index is 0.0480. The van der Waals surface area contributed by atoms with Crippen molar-refractivity contribution in [2.24, 2.45) is 5.92 Å². The fourth-order valence-electron chi connectivity index (χ4n) is 4.64. The highest BCUT2D eigenvalue weighted by molar-refractivity contribution is 7.11. The van der Waals surface area contributed by atoms with Crippen molar-refractivity contribution in [2.45, 2.75) is 66.6 Å². The maximum Gasteiger partial charge on any atom is 0.251 e. The zero-order valence-corrected chi connectivity index (χ0v) is 21.2. The molecular weight excluding hydrogens is 430 g/mol. The normalized spacial score (nSPS) is 15.3. The number of benzene rings is 1. The van der Waals surface area contributed by atoms with Crippen LogP contribution in [0.1, 0.15) is 69.2 Å². The summed E-state index contributed by atoms with van der Waals surface area (Å²) in [7, 11) is 0. The zero-order chi connectivity index (χ0) is 23.5. The number of amides is 1. The van der Waals surface area contributed by atoms with E-state index in [9.17, 15) is 4.79 Å². The summed E-state index contributed by atoms with van der Waals surface area (Å²) in [6.07, 6.45) is 1.70. The molecule has 3 heterocycles. The summed E-state index contributed by atoms with van der Waals surface area (Å²) in [5.41, 5.74) is 2.89. The molecule has 0 radical (unpaired) electrons. The molecule has 6 nitrogen and oxygen atoms in total. The number of hydrogen-bond acceptors (Lipinski definition) is 5. The number of hydrogen-bond donors (Lipinski definition) is 1. The molecular formula is C26H35N5OS. The molecule has 33 heavy (non-hydrogen) atoms. The van der Waals surface area contributed by atoms with E-state index in [0.29, 0.717) is 11.5 Å². The van der Waals surface area contributed by atoms with Crippen LogP contribution in [-0.4, -0.2) is 38.7 Å². The highest BCUT2D eigenvalue weighted by Crippen LogP contribution is 2.24. The number of thiophene rings is 1. The quantitative estimate of drug-likeness (QED) is 0.542. The van der Waals surface area contributed by atoms with Gasteiger partial charge in [0.2, 0.25) is 0 Å². The number of fused-ring (bicyclic) bond motifs is 1. The van der Waals surface area contributed by atoms with Crippen LogP contribution in [-0.2, 0) is 19.5 Å². The summed E-state index contributed by atoms with van der Waals surface area (Å²) < 4.78 is 2.24. The lowest BCUT2D eigenvalue weighted by atomic mass is 10.0. The number of aromatic nitrogens is 3. The first kappa shape index (κ1) is 23.6. The number of rotatable bonds is 7. The maximum atomic E-state index is 13.2. The number of nitrogens with one attached hydrogen (secondary N) is 1. The summed E-state index contributed by atoms with van der Waals surface area (Å²) in [6, 6.07) is 10.2. The van der Waals surface area contributed by atoms with Crippen molar-refractivity contribution >= 4 is 17.2 Å². The molecule has 1 N–H and O–H groups in total. The van der Waals surface area contributed by atoms with Crippen LogP contribution in [0.2, 0.25) is 0 Å². The summed E-state index contributed by atoms with van der Waals surface area (Å²) >= 11 is 1.87. The Hall–Kier alpha value is -2.51. The van der Waals surface area contributed by atoms with Crippen molar-refractivity contribution in [3.8, 4) is 0 Å². The van der Waals surface area contributed by atoms with Gasteiger partial charge in [0.25, 0.3) is 5.91 Å². The minimum Gasteiger partial charge on any atom is -0.342 e. The first-order valence-electron chi connectivity index (χ1n) is 11.9. The Morgan fingerprint density at radius 2 is 1.82 bits per heavy atom.